The predicted molar refractivity (Wildman–Crippen MR) is 68.6 cm³/mol. The van der Waals surface area contributed by atoms with Crippen molar-refractivity contribution in [2.75, 3.05) is 0 Å². The van der Waals surface area contributed by atoms with Crippen LogP contribution in [0.3, 0.4) is 0 Å². The monoisotopic (exact) mass is 280 g/mol. The van der Waals surface area contributed by atoms with E-state index in [4.69, 9.17) is 5.14 Å². The highest BCUT2D eigenvalue weighted by Gasteiger charge is 2.20. The Labute approximate surface area is 107 Å². The lowest BCUT2D eigenvalue weighted by molar-refractivity contribution is 0.600. The number of hydrogen-bond acceptors (Lipinski definition) is 5. The van der Waals surface area contributed by atoms with Gasteiger partial charge in [0, 0.05) is 0 Å². The normalized spacial score (nSPS) is 12.1. The Morgan fingerprint density at radius 2 is 2.06 bits per heavy atom. The molecule has 0 unspecified atom stereocenters. The molecule has 2 aromatic heterocycles. The van der Waals surface area contributed by atoms with Crippen molar-refractivity contribution < 1.29 is 8.42 Å². The van der Waals surface area contributed by atoms with E-state index in [1.54, 1.807) is 0 Å². The maximum atomic E-state index is 11.4. The number of imidazole rings is 1. The number of aromatic nitrogens is 3. The maximum absolute atomic E-state index is 11.4. The molecular formula is C10H8N4O2S2. The third kappa shape index (κ3) is 1.80. The van der Waals surface area contributed by atoms with Crippen LogP contribution in [0.2, 0.25) is 0 Å². The molecule has 1 aromatic carbocycles. The van der Waals surface area contributed by atoms with Gasteiger partial charge in [-0.3, -0.25) is 0 Å². The lowest BCUT2D eigenvalue weighted by atomic mass is 10.3. The van der Waals surface area contributed by atoms with Crippen LogP contribution in [-0.2, 0) is 10.0 Å². The van der Waals surface area contributed by atoms with E-state index in [9.17, 15) is 8.42 Å². The number of aromatic amines is 1. The first-order valence-electron chi connectivity index (χ1n) is 4.97. The van der Waals surface area contributed by atoms with Gasteiger partial charge in [-0.15, -0.1) is 11.3 Å². The third-order valence-electron chi connectivity index (χ3n) is 2.41. The summed E-state index contributed by atoms with van der Waals surface area (Å²) >= 11 is 0.977. The minimum atomic E-state index is -3.78. The molecule has 18 heavy (non-hydrogen) atoms. The van der Waals surface area contributed by atoms with E-state index in [-0.39, 0.29) is 9.90 Å². The third-order valence-corrected chi connectivity index (χ3v) is 4.72. The fourth-order valence-corrected chi connectivity index (χ4v) is 3.26. The van der Waals surface area contributed by atoms with Crippen molar-refractivity contribution in [1.29, 1.82) is 0 Å². The molecule has 0 bridgehead atoms. The van der Waals surface area contributed by atoms with Crippen LogP contribution in [0.15, 0.2) is 34.0 Å². The predicted octanol–water partition coefficient (Wildman–Crippen LogP) is 1.33. The molecule has 0 fully saturated rings. The molecule has 3 N–H and O–H groups in total. The van der Waals surface area contributed by atoms with Crippen LogP contribution in [-0.4, -0.2) is 23.4 Å². The molecule has 0 aliphatic heterocycles. The van der Waals surface area contributed by atoms with Crippen molar-refractivity contribution in [3.63, 3.8) is 0 Å². The molecule has 0 atom stereocenters. The van der Waals surface area contributed by atoms with E-state index in [1.807, 2.05) is 24.3 Å². The van der Waals surface area contributed by atoms with Gasteiger partial charge >= 0.3 is 0 Å². The summed E-state index contributed by atoms with van der Waals surface area (Å²) in [4.78, 5) is 11.3. The van der Waals surface area contributed by atoms with Crippen molar-refractivity contribution in [2.45, 2.75) is 4.21 Å². The van der Waals surface area contributed by atoms with E-state index in [2.05, 4.69) is 15.0 Å². The standard InChI is InChI=1S/C10H8N4O2S2/c11-18(15,16)10-8(12-5-17-10)9-13-6-3-1-2-4-7(6)14-9/h1-5H,(H,13,14)(H2,11,15,16). The van der Waals surface area contributed by atoms with Gasteiger partial charge in [-0.1, -0.05) is 12.1 Å². The van der Waals surface area contributed by atoms with Crippen molar-refractivity contribution in [1.82, 2.24) is 15.0 Å². The van der Waals surface area contributed by atoms with Gasteiger partial charge in [-0.05, 0) is 12.1 Å². The highest BCUT2D eigenvalue weighted by atomic mass is 32.2. The number of H-pyrrole nitrogens is 1. The van der Waals surface area contributed by atoms with Gasteiger partial charge < -0.3 is 4.98 Å². The molecule has 0 spiro atoms. The first-order chi connectivity index (χ1) is 8.55. The van der Waals surface area contributed by atoms with Gasteiger partial charge in [-0.2, -0.15) is 0 Å². The topological polar surface area (TPSA) is 102 Å². The quantitative estimate of drug-likeness (QED) is 0.739. The molecule has 3 rings (SSSR count). The second kappa shape index (κ2) is 3.87. The average Bonchev–Trinajstić information content (AvgIpc) is 2.94. The zero-order chi connectivity index (χ0) is 12.8. The Hall–Kier alpha value is -1.77. The van der Waals surface area contributed by atoms with Crippen molar-refractivity contribution >= 4 is 32.4 Å². The van der Waals surface area contributed by atoms with Gasteiger partial charge in [-0.25, -0.2) is 23.5 Å². The van der Waals surface area contributed by atoms with Gasteiger partial charge in [0.05, 0.1) is 16.5 Å². The Bertz CT molecular complexity index is 786. The minimum Gasteiger partial charge on any atom is -0.337 e. The molecule has 0 aliphatic rings. The number of nitrogens with zero attached hydrogens (tertiary/aromatic N) is 2. The van der Waals surface area contributed by atoms with Gasteiger partial charge in [0.15, 0.2) is 10.0 Å². The van der Waals surface area contributed by atoms with Crippen LogP contribution in [0.4, 0.5) is 0 Å². The lowest BCUT2D eigenvalue weighted by Gasteiger charge is -1.95. The summed E-state index contributed by atoms with van der Waals surface area (Å²) in [6.45, 7) is 0. The number of primary sulfonamides is 1. The van der Waals surface area contributed by atoms with Crippen LogP contribution in [0.1, 0.15) is 0 Å². The Morgan fingerprint density at radius 3 is 2.78 bits per heavy atom. The number of thiazole rings is 1. The SMILES string of the molecule is NS(=O)(=O)c1scnc1-c1nc2ccccc2[nH]1. The Kier molecular flexibility index (Phi) is 2.44. The molecule has 0 saturated carbocycles. The number of nitrogens with one attached hydrogen (secondary N) is 1. The number of rotatable bonds is 2. The zero-order valence-corrected chi connectivity index (χ0v) is 10.6. The van der Waals surface area contributed by atoms with Crippen LogP contribution < -0.4 is 5.14 Å². The van der Waals surface area contributed by atoms with Gasteiger partial charge in [0.25, 0.3) is 0 Å². The summed E-state index contributed by atoms with van der Waals surface area (Å²) in [5.74, 6) is 0.404. The molecule has 6 nitrogen and oxygen atoms in total. The second-order valence-electron chi connectivity index (χ2n) is 3.64. The summed E-state index contributed by atoms with van der Waals surface area (Å²) < 4.78 is 22.8. The highest BCUT2D eigenvalue weighted by Crippen LogP contribution is 2.27. The van der Waals surface area contributed by atoms with E-state index in [0.29, 0.717) is 5.82 Å². The van der Waals surface area contributed by atoms with Crippen molar-refractivity contribution in [2.24, 2.45) is 5.14 Å². The van der Waals surface area contributed by atoms with Crippen LogP contribution in [0.25, 0.3) is 22.6 Å². The van der Waals surface area contributed by atoms with E-state index in [1.165, 1.54) is 5.51 Å². The highest BCUT2D eigenvalue weighted by molar-refractivity contribution is 7.91. The minimum absolute atomic E-state index is 0.0153. The molecule has 3 aromatic rings. The van der Waals surface area contributed by atoms with Gasteiger partial charge in [0.2, 0.25) is 10.0 Å². The zero-order valence-electron chi connectivity index (χ0n) is 8.99. The van der Waals surface area contributed by atoms with Gasteiger partial charge in [0.1, 0.15) is 5.69 Å². The van der Waals surface area contributed by atoms with Crippen LogP contribution >= 0.6 is 11.3 Å². The molecule has 8 heteroatoms. The fraction of sp³-hybridized carbons (Fsp3) is 0. The van der Waals surface area contributed by atoms with Crippen LogP contribution in [0.5, 0.6) is 0 Å². The summed E-state index contributed by atoms with van der Waals surface area (Å²) in [6.07, 6.45) is 0. The summed E-state index contributed by atoms with van der Waals surface area (Å²) in [6, 6.07) is 7.41. The van der Waals surface area contributed by atoms with E-state index in [0.717, 1.165) is 22.4 Å². The fourth-order valence-electron chi connectivity index (χ4n) is 1.66. The Morgan fingerprint density at radius 1 is 1.28 bits per heavy atom. The second-order valence-corrected chi connectivity index (χ2v) is 6.25. The average molecular weight is 280 g/mol. The van der Waals surface area contributed by atoms with Crippen molar-refractivity contribution in [3.8, 4) is 11.5 Å². The summed E-state index contributed by atoms with van der Waals surface area (Å²) in [7, 11) is -3.78. The number of fused-ring (bicyclic) bond motifs is 1. The largest absolute Gasteiger partial charge is 0.337 e. The Balaban J connectivity index is 2.24. The van der Waals surface area contributed by atoms with E-state index >= 15 is 0 Å². The number of benzene rings is 1. The summed E-state index contributed by atoms with van der Waals surface area (Å²) in [5.41, 5.74) is 3.27. The number of sulfonamides is 1. The molecule has 0 amide bonds. The molecule has 0 radical (unpaired) electrons. The number of para-hydroxylation sites is 2. The number of hydrogen-bond donors (Lipinski definition) is 2. The maximum Gasteiger partial charge on any atom is 0.249 e. The lowest BCUT2D eigenvalue weighted by Crippen LogP contribution is -2.11. The summed E-state index contributed by atoms with van der Waals surface area (Å²) in [5, 5.41) is 5.13. The molecule has 0 aliphatic carbocycles. The first-order valence-corrected chi connectivity index (χ1v) is 7.40. The molecular weight excluding hydrogens is 272 g/mol. The smallest absolute Gasteiger partial charge is 0.249 e. The molecule has 0 saturated heterocycles. The van der Waals surface area contributed by atoms with Crippen molar-refractivity contribution in [3.05, 3.63) is 29.8 Å². The number of nitrogens with two attached hydrogens (primary N) is 1. The molecule has 92 valence electrons. The van der Waals surface area contributed by atoms with Crippen LogP contribution in [0, 0.1) is 0 Å². The first kappa shape index (κ1) is 11.3. The molecule has 2 heterocycles. The van der Waals surface area contributed by atoms with E-state index < -0.39 is 10.0 Å².